The number of likely N-dealkylation sites (tertiary alicyclic amines) is 1. The molecule has 2 heterocycles. The number of carboxylic acids is 4. The van der Waals surface area contributed by atoms with Crippen molar-refractivity contribution in [1.29, 1.82) is 0 Å². The highest BCUT2D eigenvalue weighted by molar-refractivity contribution is 5.99. The SMILES string of the molecule is CC[C@H](C)[C@H](N)C(=O)N[C@@H](CC(N)=O)C(=O)N1CCC[C@H]1C(=O)N[C@@H](CCCCNC(=O)CN1CCN(CC(=O)O)CCN(CC(=O)O)CCN(CC(=O)O)CC1)C(=O)N[C@@H](Cc1ccc(O)cc1)C(=O)N[C@@H](CCCN=C(N)N)C(=O)N[C@@H](CC(C)C)C(=O)N[C@@H](CCCN=C(N)N)C(=O)N[C@@H](Cc1ccc(O)cc1)C(=O)O. The Morgan fingerprint density at radius 3 is 1.28 bits per heavy atom. The summed E-state index contributed by atoms with van der Waals surface area (Å²) >= 11 is 0. The van der Waals surface area contributed by atoms with Crippen LogP contribution >= 0.6 is 0 Å². The molecule has 10 amide bonds. The molecule has 0 spiro atoms. The molecule has 0 saturated carbocycles. The van der Waals surface area contributed by atoms with Crippen LogP contribution in [0, 0.1) is 11.8 Å². The van der Waals surface area contributed by atoms with E-state index in [4.69, 9.17) is 34.4 Å². The molecule has 2 aromatic rings. The Bertz CT molecular complexity index is 3570. The first-order valence-corrected chi connectivity index (χ1v) is 38.1. The van der Waals surface area contributed by atoms with Crippen LogP contribution < -0.4 is 76.9 Å². The monoisotopic (exact) mass is 1610 g/mol. The minimum absolute atomic E-state index is 0.0104. The van der Waals surface area contributed by atoms with Crippen LogP contribution in [0.5, 0.6) is 11.5 Å². The number of aromatic hydroxyl groups is 2. The van der Waals surface area contributed by atoms with Gasteiger partial charge in [0.2, 0.25) is 59.1 Å². The molecule has 2 aromatic carbocycles. The number of hydrogen-bond donors (Lipinski definition) is 20. The molecule has 41 nitrogen and oxygen atoms in total. The first-order valence-electron chi connectivity index (χ1n) is 38.1. The second-order valence-corrected chi connectivity index (χ2v) is 28.9. The Labute approximate surface area is 661 Å². The van der Waals surface area contributed by atoms with Gasteiger partial charge in [-0.05, 0) is 111 Å². The zero-order valence-electron chi connectivity index (χ0n) is 65.2. The van der Waals surface area contributed by atoms with Crippen LogP contribution in [0.15, 0.2) is 58.5 Å². The Balaban J connectivity index is 1.72. The van der Waals surface area contributed by atoms with E-state index in [1.807, 2.05) is 0 Å². The van der Waals surface area contributed by atoms with E-state index in [0.29, 0.717) is 17.5 Å². The number of phenols is 2. The highest BCUT2D eigenvalue weighted by Crippen LogP contribution is 2.22. The van der Waals surface area contributed by atoms with E-state index in [2.05, 4.69) is 52.5 Å². The molecule has 26 N–H and O–H groups in total. The molecule has 2 saturated heterocycles. The van der Waals surface area contributed by atoms with Gasteiger partial charge in [-0.2, -0.15) is 0 Å². The third-order valence-electron chi connectivity index (χ3n) is 19.2. The van der Waals surface area contributed by atoms with E-state index in [1.54, 1.807) is 47.3 Å². The number of carbonyl (C=O) groups is 14. The Morgan fingerprint density at radius 2 is 0.860 bits per heavy atom. The molecule has 114 heavy (non-hydrogen) atoms. The number of carboxylic acid groups (broad SMARTS) is 4. The van der Waals surface area contributed by atoms with Crippen LogP contribution in [0.3, 0.4) is 0 Å². The summed E-state index contributed by atoms with van der Waals surface area (Å²) in [4.78, 5) is 207. The number of hydrogen-bond acceptors (Lipinski definition) is 23. The number of phenolic OH excluding ortho intramolecular Hbond substituents is 2. The van der Waals surface area contributed by atoms with Gasteiger partial charge in [-0.25, -0.2) is 4.79 Å². The topological polar surface area (TPSA) is 654 Å². The van der Waals surface area contributed by atoms with E-state index < -0.39 is 157 Å². The summed E-state index contributed by atoms with van der Waals surface area (Å²) in [5.41, 5.74) is 34.9. The van der Waals surface area contributed by atoms with Crippen molar-refractivity contribution in [1.82, 2.24) is 67.0 Å². The van der Waals surface area contributed by atoms with Gasteiger partial charge in [0.1, 0.15) is 59.8 Å². The van der Waals surface area contributed by atoms with Gasteiger partial charge in [-0.3, -0.25) is 91.9 Å². The van der Waals surface area contributed by atoms with Gasteiger partial charge in [0, 0.05) is 91.4 Å². The molecule has 10 atom stereocenters. The van der Waals surface area contributed by atoms with Crippen LogP contribution in [0.25, 0.3) is 0 Å². The molecule has 0 unspecified atom stereocenters. The number of aliphatic carboxylic acids is 4. The van der Waals surface area contributed by atoms with Crippen molar-refractivity contribution >= 4 is 94.9 Å². The molecule has 634 valence electrons. The Morgan fingerprint density at radius 1 is 0.474 bits per heavy atom. The van der Waals surface area contributed by atoms with E-state index in [1.165, 1.54) is 48.5 Å². The third kappa shape index (κ3) is 36.2. The molecule has 2 fully saturated rings. The quantitative estimate of drug-likeness (QED) is 0.0167. The zero-order valence-corrected chi connectivity index (χ0v) is 65.2. The molecule has 2 aliphatic heterocycles. The van der Waals surface area contributed by atoms with Crippen molar-refractivity contribution in [2.75, 3.05) is 105 Å². The third-order valence-corrected chi connectivity index (χ3v) is 19.2. The number of aliphatic imine (C=N–C) groups is 2. The molecule has 0 aromatic heterocycles. The molecule has 0 aliphatic carbocycles. The molecule has 41 heteroatoms. The maximum Gasteiger partial charge on any atom is 0.326 e. The number of rotatable bonds is 47. The largest absolute Gasteiger partial charge is 0.508 e. The first kappa shape index (κ1) is 95.3. The number of nitrogens with one attached hydrogen (secondary N) is 8. The average Bonchev–Trinajstić information content (AvgIpc) is 1.65. The average molecular weight is 1610 g/mol. The van der Waals surface area contributed by atoms with Crippen molar-refractivity contribution in [3.8, 4) is 11.5 Å². The van der Waals surface area contributed by atoms with Crippen LogP contribution in [0.2, 0.25) is 0 Å². The zero-order chi connectivity index (χ0) is 84.7. The predicted molar refractivity (Wildman–Crippen MR) is 416 cm³/mol. The lowest BCUT2D eigenvalue weighted by Gasteiger charge is -2.32. The van der Waals surface area contributed by atoms with E-state index >= 15 is 9.59 Å². The normalized spacial score (nSPS) is 17.0. The Hall–Kier alpha value is -11.0. The van der Waals surface area contributed by atoms with Crippen molar-refractivity contribution in [2.45, 2.75) is 172 Å². The highest BCUT2D eigenvalue weighted by Gasteiger charge is 2.41. The molecule has 2 aliphatic rings. The molecule has 0 radical (unpaired) electrons. The van der Waals surface area contributed by atoms with Crippen molar-refractivity contribution < 1.29 is 97.8 Å². The summed E-state index contributed by atoms with van der Waals surface area (Å²) in [5.74, 6) is -15.0. The number of carbonyl (C=O) groups excluding carboxylic acids is 10. The van der Waals surface area contributed by atoms with Gasteiger partial charge in [-0.1, -0.05) is 58.4 Å². The van der Waals surface area contributed by atoms with Crippen molar-refractivity contribution in [3.63, 3.8) is 0 Å². The number of nitrogens with two attached hydrogens (primary N) is 6. The highest BCUT2D eigenvalue weighted by atomic mass is 16.4. The molecule has 0 bridgehead atoms. The number of primary amides is 1. The van der Waals surface area contributed by atoms with E-state index in [0.717, 1.165) is 4.90 Å². The lowest BCUT2D eigenvalue weighted by molar-refractivity contribution is -0.143. The second kappa shape index (κ2) is 49.5. The number of benzene rings is 2. The number of unbranched alkanes of at least 4 members (excludes halogenated alkanes) is 1. The van der Waals surface area contributed by atoms with E-state index in [-0.39, 0.29) is 204 Å². The molecular formula is C73H117N21O20. The summed E-state index contributed by atoms with van der Waals surface area (Å²) in [6.45, 7) is 6.61. The fourth-order valence-electron chi connectivity index (χ4n) is 12.7. The number of guanidine groups is 2. The van der Waals surface area contributed by atoms with Crippen LogP contribution in [-0.2, 0) is 80.0 Å². The summed E-state index contributed by atoms with van der Waals surface area (Å²) in [6, 6.07) is -1.99. The maximum absolute atomic E-state index is 15.2. The second-order valence-electron chi connectivity index (χ2n) is 28.9. The minimum Gasteiger partial charge on any atom is -0.508 e. The standard InChI is InChI=1S/C73H117N21O20/c1-5-44(4)62(75)69(111)88-54(38-57(74)97)70(112)94-26-10-14-56(94)68(110)85-49(11-6-7-23-80-58(98)39-90-27-29-91(40-59(99)100)31-33-93(42-61(103)104)34-32-92(30-28-90)41-60(101)102)63(105)87-53(36-45-15-19-47(95)20-16-45)67(109)84-50(12-8-24-81-72(76)77)64(106)86-52(35-43(2)3)66(108)83-51(13-9-25-82-73(78)79)65(107)89-55(71(113)114)37-46-17-21-48(96)22-18-46/h15-22,43-44,49-56,62,95-96H,5-14,23-42,75H2,1-4H3,(H2,74,97)(H,80,98)(H,83,108)(H,84,109)(H,85,110)(H,86,106)(H,87,105)(H,88,111)(H,89,107)(H,99,100)(H,101,102)(H,103,104)(H,113,114)(H4,76,77,81)(H4,78,79,82)/t44-,49-,50-,51-,52-,53-,54-,55-,56-,62-/m0/s1. The van der Waals surface area contributed by atoms with Crippen molar-refractivity contribution in [2.24, 2.45) is 56.2 Å². The fourth-order valence-corrected chi connectivity index (χ4v) is 12.7. The van der Waals surface area contributed by atoms with Gasteiger partial charge in [0.05, 0.1) is 38.6 Å². The van der Waals surface area contributed by atoms with Crippen LogP contribution in [-0.4, -0.2) is 309 Å². The lowest BCUT2D eigenvalue weighted by Crippen LogP contribution is -2.60. The first-order chi connectivity index (χ1) is 53.9. The van der Waals surface area contributed by atoms with Crippen LogP contribution in [0.1, 0.15) is 116 Å². The molecular weight excluding hydrogens is 1490 g/mol. The Kier molecular flexibility index (Phi) is 41.4. The van der Waals surface area contributed by atoms with Gasteiger partial charge in [0.25, 0.3) is 0 Å². The van der Waals surface area contributed by atoms with Gasteiger partial charge in [0.15, 0.2) is 11.9 Å². The number of amides is 10. The smallest absolute Gasteiger partial charge is 0.326 e. The summed E-state index contributed by atoms with van der Waals surface area (Å²) in [7, 11) is 0. The van der Waals surface area contributed by atoms with Gasteiger partial charge >= 0.3 is 23.9 Å². The molecule has 4 rings (SSSR count). The minimum atomic E-state index is -1.64. The lowest BCUT2D eigenvalue weighted by atomic mass is 9.98. The fraction of sp³-hybridized carbons (Fsp3) is 0.616. The van der Waals surface area contributed by atoms with Crippen molar-refractivity contribution in [3.05, 3.63) is 59.7 Å². The predicted octanol–water partition coefficient (Wildman–Crippen LogP) is -5.48. The summed E-state index contributed by atoms with van der Waals surface area (Å²) < 4.78 is 0. The van der Waals surface area contributed by atoms with Crippen LogP contribution in [0.4, 0.5) is 0 Å². The van der Waals surface area contributed by atoms with Gasteiger partial charge in [-0.15, -0.1) is 0 Å². The summed E-state index contributed by atoms with van der Waals surface area (Å²) in [6.07, 6.45) is -0.787. The van der Waals surface area contributed by atoms with E-state index in [9.17, 15) is 88.2 Å². The number of nitrogens with zero attached hydrogens (tertiary/aromatic N) is 7. The maximum atomic E-state index is 15.2. The summed E-state index contributed by atoms with van der Waals surface area (Å²) in [5, 5.41) is 80.7. The van der Waals surface area contributed by atoms with Gasteiger partial charge < -0.3 is 112 Å².